The molecular formula is C38H37FN6O7. The highest BCUT2D eigenvalue weighted by Crippen LogP contribution is 2.32. The summed E-state index contributed by atoms with van der Waals surface area (Å²) in [5, 5.41) is 5.36. The molecule has 0 radical (unpaired) electrons. The van der Waals surface area contributed by atoms with Crippen LogP contribution in [0.2, 0.25) is 0 Å². The summed E-state index contributed by atoms with van der Waals surface area (Å²) >= 11 is 0. The van der Waals surface area contributed by atoms with Crippen molar-refractivity contribution < 1.29 is 37.9 Å². The molecule has 4 aliphatic rings. The van der Waals surface area contributed by atoms with E-state index in [1.165, 1.54) is 6.07 Å². The normalized spacial score (nSPS) is 19.0. The maximum absolute atomic E-state index is 14.9. The maximum atomic E-state index is 14.9. The molecule has 0 saturated carbocycles. The van der Waals surface area contributed by atoms with Crippen molar-refractivity contribution >= 4 is 46.7 Å². The number of imide groups is 2. The fraction of sp³-hybridized carbons (Fsp3) is 0.342. The topological polar surface area (TPSA) is 158 Å². The monoisotopic (exact) mass is 708 g/mol. The van der Waals surface area contributed by atoms with Gasteiger partial charge in [-0.2, -0.15) is 0 Å². The van der Waals surface area contributed by atoms with Gasteiger partial charge in [0.2, 0.25) is 11.8 Å². The predicted molar refractivity (Wildman–Crippen MR) is 187 cm³/mol. The predicted octanol–water partition coefficient (Wildman–Crippen LogP) is 2.34. The van der Waals surface area contributed by atoms with Crippen molar-refractivity contribution in [3.05, 3.63) is 99.9 Å². The molecule has 13 nitrogen and oxygen atoms in total. The number of Topliss-reactive ketones (excluding diaryl/α,β-unsaturated/α-hetero) is 1. The Bertz CT molecular complexity index is 2010. The molecule has 4 aliphatic heterocycles. The SMILES string of the molecule is O=C1CCC(N2C(=O)c3cccc(NCCOCCN4CCN(C(=O)c5cc(CC6=NCC(=O)c7ccccc76)ccc5F)CC4)c3C2=O)C(=O)N1. The molecule has 1 unspecified atom stereocenters. The highest BCUT2D eigenvalue weighted by molar-refractivity contribution is 6.25. The minimum atomic E-state index is -1.03. The smallest absolute Gasteiger partial charge is 0.264 e. The Labute approximate surface area is 298 Å². The number of piperazine rings is 1. The summed E-state index contributed by atoms with van der Waals surface area (Å²) in [4.78, 5) is 85.1. The quantitative estimate of drug-likeness (QED) is 0.225. The molecule has 2 fully saturated rings. The van der Waals surface area contributed by atoms with Crippen molar-refractivity contribution in [2.75, 3.05) is 64.3 Å². The molecule has 52 heavy (non-hydrogen) atoms. The lowest BCUT2D eigenvalue weighted by molar-refractivity contribution is -0.136. The Balaban J connectivity index is 0.855. The van der Waals surface area contributed by atoms with Crippen LogP contribution in [0.15, 0.2) is 65.7 Å². The zero-order valence-corrected chi connectivity index (χ0v) is 28.4. The molecule has 2 saturated heterocycles. The first-order valence-corrected chi connectivity index (χ1v) is 17.3. The standard InChI is InChI=1S/C38H37FN6O7/c39-28-9-8-23(21-30-24-4-1-2-5-25(24)32(46)22-41-30)20-27(28)36(49)44-15-13-43(14-16-44)17-19-52-18-12-40-29-7-3-6-26-34(29)38(51)45(37(26)50)31-10-11-33(47)42-35(31)48/h1-9,20,31,40H,10-19,21-22H2,(H,42,47,48). The van der Waals surface area contributed by atoms with Gasteiger partial charge in [-0.3, -0.25) is 48.9 Å². The summed E-state index contributed by atoms with van der Waals surface area (Å²) < 4.78 is 20.7. The van der Waals surface area contributed by atoms with Crippen LogP contribution >= 0.6 is 0 Å². The highest BCUT2D eigenvalue weighted by Gasteiger charge is 2.45. The molecule has 3 aromatic carbocycles. The fourth-order valence-electron chi connectivity index (χ4n) is 7.07. The molecule has 14 heteroatoms. The first-order valence-electron chi connectivity index (χ1n) is 17.3. The van der Waals surface area contributed by atoms with Gasteiger partial charge in [0.15, 0.2) is 5.78 Å². The molecule has 2 N–H and O–H groups in total. The van der Waals surface area contributed by atoms with Crippen molar-refractivity contribution in [1.29, 1.82) is 0 Å². The van der Waals surface area contributed by atoms with Crippen LogP contribution in [-0.2, 0) is 20.7 Å². The van der Waals surface area contributed by atoms with Crippen molar-refractivity contribution in [1.82, 2.24) is 20.0 Å². The molecule has 0 spiro atoms. The van der Waals surface area contributed by atoms with Crippen LogP contribution in [0.4, 0.5) is 10.1 Å². The molecule has 4 heterocycles. The van der Waals surface area contributed by atoms with Crippen LogP contribution in [0, 0.1) is 5.82 Å². The van der Waals surface area contributed by atoms with Gasteiger partial charge in [-0.1, -0.05) is 36.4 Å². The van der Waals surface area contributed by atoms with Crippen molar-refractivity contribution in [2.24, 2.45) is 4.99 Å². The second-order valence-corrected chi connectivity index (χ2v) is 13.1. The van der Waals surface area contributed by atoms with Crippen LogP contribution in [0.1, 0.15) is 65.4 Å². The molecule has 268 valence electrons. The Kier molecular flexibility index (Phi) is 10.0. The number of ether oxygens (including phenoxy) is 1. The number of benzene rings is 3. The van der Waals surface area contributed by atoms with E-state index in [-0.39, 0.29) is 47.8 Å². The second-order valence-electron chi connectivity index (χ2n) is 13.1. The molecule has 0 bridgehead atoms. The van der Waals surface area contributed by atoms with Crippen LogP contribution < -0.4 is 10.6 Å². The van der Waals surface area contributed by atoms with Gasteiger partial charge in [-0.15, -0.1) is 0 Å². The maximum Gasteiger partial charge on any atom is 0.264 e. The zero-order valence-electron chi connectivity index (χ0n) is 28.4. The minimum Gasteiger partial charge on any atom is -0.382 e. The number of hydrogen-bond donors (Lipinski definition) is 2. The Morgan fingerprint density at radius 3 is 2.46 bits per heavy atom. The van der Waals surface area contributed by atoms with Crippen LogP contribution in [-0.4, -0.2) is 121 Å². The van der Waals surface area contributed by atoms with Gasteiger partial charge >= 0.3 is 0 Å². The summed E-state index contributed by atoms with van der Waals surface area (Å²) in [5.74, 6) is -3.21. The first kappa shape index (κ1) is 34.8. The summed E-state index contributed by atoms with van der Waals surface area (Å²) in [5.41, 5.74) is 3.73. The number of carbonyl (C=O) groups excluding carboxylic acids is 6. The number of piperidine rings is 1. The van der Waals surface area contributed by atoms with Crippen LogP contribution in [0.5, 0.6) is 0 Å². The number of anilines is 1. The first-order chi connectivity index (χ1) is 25.2. The summed E-state index contributed by atoms with van der Waals surface area (Å²) in [6.45, 7) is 3.90. The van der Waals surface area contributed by atoms with Crippen LogP contribution in [0.3, 0.4) is 0 Å². The lowest BCUT2D eigenvalue weighted by atomic mass is 9.92. The third-order valence-electron chi connectivity index (χ3n) is 9.83. The van der Waals surface area contributed by atoms with E-state index < -0.39 is 35.5 Å². The van der Waals surface area contributed by atoms with Crippen molar-refractivity contribution in [3.8, 4) is 0 Å². The number of hydrogen-bond acceptors (Lipinski definition) is 10. The minimum absolute atomic E-state index is 0.0151. The second kappa shape index (κ2) is 14.9. The Morgan fingerprint density at radius 2 is 1.67 bits per heavy atom. The fourth-order valence-corrected chi connectivity index (χ4v) is 7.07. The number of fused-ring (bicyclic) bond motifs is 2. The van der Waals surface area contributed by atoms with E-state index in [1.54, 1.807) is 41.3 Å². The van der Waals surface area contributed by atoms with E-state index in [1.807, 2.05) is 18.2 Å². The number of carbonyl (C=O) groups is 6. The molecule has 0 aromatic heterocycles. The van der Waals surface area contributed by atoms with Gasteiger partial charge in [0.25, 0.3) is 17.7 Å². The van der Waals surface area contributed by atoms with Gasteiger partial charge in [-0.25, -0.2) is 4.39 Å². The molecule has 3 aromatic rings. The average Bonchev–Trinajstić information content (AvgIpc) is 3.41. The van der Waals surface area contributed by atoms with E-state index in [2.05, 4.69) is 20.5 Å². The van der Waals surface area contributed by atoms with E-state index >= 15 is 0 Å². The largest absolute Gasteiger partial charge is 0.382 e. The third kappa shape index (κ3) is 6.99. The van der Waals surface area contributed by atoms with Gasteiger partial charge in [-0.05, 0) is 36.2 Å². The van der Waals surface area contributed by atoms with E-state index in [0.717, 1.165) is 21.7 Å². The summed E-state index contributed by atoms with van der Waals surface area (Å²) in [6.07, 6.45) is 0.514. The van der Waals surface area contributed by atoms with E-state index in [9.17, 15) is 33.2 Å². The zero-order chi connectivity index (χ0) is 36.4. The van der Waals surface area contributed by atoms with Gasteiger partial charge in [0.1, 0.15) is 18.4 Å². The van der Waals surface area contributed by atoms with Crippen molar-refractivity contribution in [2.45, 2.75) is 25.3 Å². The lowest BCUT2D eigenvalue weighted by Gasteiger charge is -2.34. The molecule has 7 rings (SSSR count). The summed E-state index contributed by atoms with van der Waals surface area (Å²) in [7, 11) is 0. The number of aliphatic imine (C=N–C) groups is 1. The number of rotatable bonds is 11. The molecule has 0 aliphatic carbocycles. The lowest BCUT2D eigenvalue weighted by Crippen LogP contribution is -2.54. The average molecular weight is 709 g/mol. The number of nitrogens with one attached hydrogen (secondary N) is 2. The number of nitrogens with zero attached hydrogens (tertiary/aromatic N) is 4. The number of halogens is 1. The van der Waals surface area contributed by atoms with Gasteiger partial charge in [0.05, 0.1) is 29.9 Å². The molecule has 1 atom stereocenters. The van der Waals surface area contributed by atoms with Crippen LogP contribution in [0.25, 0.3) is 0 Å². The number of ketones is 1. The van der Waals surface area contributed by atoms with Crippen molar-refractivity contribution in [3.63, 3.8) is 0 Å². The highest BCUT2D eigenvalue weighted by atomic mass is 19.1. The van der Waals surface area contributed by atoms with Gasteiger partial charge < -0.3 is 15.0 Å². The summed E-state index contributed by atoms with van der Waals surface area (Å²) in [6, 6.07) is 15.7. The van der Waals surface area contributed by atoms with E-state index in [4.69, 9.17) is 4.74 Å². The number of amides is 5. The van der Waals surface area contributed by atoms with E-state index in [0.29, 0.717) is 70.2 Å². The Morgan fingerprint density at radius 1 is 0.904 bits per heavy atom. The Hall–Kier alpha value is -5.60. The molecular weight excluding hydrogens is 671 g/mol. The molecule has 5 amide bonds. The third-order valence-corrected chi connectivity index (χ3v) is 9.83. The van der Waals surface area contributed by atoms with Gasteiger partial charge in [0, 0.05) is 74.6 Å².